The summed E-state index contributed by atoms with van der Waals surface area (Å²) in [7, 11) is 1.86. The number of rotatable bonds is 2. The van der Waals surface area contributed by atoms with E-state index in [2.05, 4.69) is 0 Å². The van der Waals surface area contributed by atoms with E-state index in [-0.39, 0.29) is 5.91 Å². The van der Waals surface area contributed by atoms with Crippen LogP contribution in [0.15, 0.2) is 24.3 Å². The van der Waals surface area contributed by atoms with Crippen molar-refractivity contribution in [2.75, 3.05) is 12.8 Å². The first-order valence-corrected chi connectivity index (χ1v) is 6.54. The molecule has 2 N–H and O–H groups in total. The molecule has 17 heavy (non-hydrogen) atoms. The molecule has 0 bridgehead atoms. The molecule has 1 saturated carbocycles. The van der Waals surface area contributed by atoms with Gasteiger partial charge in [0.15, 0.2) is 0 Å². The molecular weight excluding hydrogens is 232 g/mol. The topological polar surface area (TPSA) is 46.3 Å². The van der Waals surface area contributed by atoms with E-state index >= 15 is 0 Å². The van der Waals surface area contributed by atoms with Crippen molar-refractivity contribution in [3.05, 3.63) is 29.1 Å². The summed E-state index contributed by atoms with van der Waals surface area (Å²) in [4.78, 5) is 14.8. The number of amides is 1. The van der Waals surface area contributed by atoms with Crippen LogP contribution in [0.3, 0.4) is 0 Å². The minimum Gasteiger partial charge on any atom is -0.397 e. The molecule has 0 saturated heterocycles. The molecule has 2 aromatic rings. The Labute approximate surface area is 104 Å². The van der Waals surface area contributed by atoms with Crippen molar-refractivity contribution < 1.29 is 4.79 Å². The number of hydrogen-bond donors (Lipinski definition) is 1. The highest BCUT2D eigenvalue weighted by atomic mass is 32.1. The summed E-state index contributed by atoms with van der Waals surface area (Å²) in [6.45, 7) is 0. The van der Waals surface area contributed by atoms with E-state index in [0.717, 1.165) is 22.9 Å². The van der Waals surface area contributed by atoms with E-state index in [9.17, 15) is 4.79 Å². The third-order valence-electron chi connectivity index (χ3n) is 3.24. The van der Waals surface area contributed by atoms with E-state index in [0.29, 0.717) is 16.6 Å². The highest BCUT2D eigenvalue weighted by Gasteiger charge is 2.31. The van der Waals surface area contributed by atoms with Gasteiger partial charge >= 0.3 is 0 Å². The van der Waals surface area contributed by atoms with Crippen molar-refractivity contribution in [2.45, 2.75) is 18.9 Å². The van der Waals surface area contributed by atoms with Crippen molar-refractivity contribution in [1.82, 2.24) is 4.90 Å². The van der Waals surface area contributed by atoms with Crippen LogP contribution in [0.5, 0.6) is 0 Å². The van der Waals surface area contributed by atoms with Crippen LogP contribution in [0.2, 0.25) is 0 Å². The molecule has 0 atom stereocenters. The van der Waals surface area contributed by atoms with Gasteiger partial charge in [-0.1, -0.05) is 18.2 Å². The maximum absolute atomic E-state index is 12.3. The van der Waals surface area contributed by atoms with Crippen LogP contribution in [-0.4, -0.2) is 23.9 Å². The van der Waals surface area contributed by atoms with Crippen molar-refractivity contribution in [2.24, 2.45) is 0 Å². The van der Waals surface area contributed by atoms with Gasteiger partial charge in [0.2, 0.25) is 0 Å². The van der Waals surface area contributed by atoms with Crippen LogP contribution < -0.4 is 5.73 Å². The number of carbonyl (C=O) groups excluding carboxylic acids is 1. The first kappa shape index (κ1) is 10.6. The Balaban J connectivity index is 2.04. The van der Waals surface area contributed by atoms with Gasteiger partial charge in [-0.05, 0) is 18.9 Å². The van der Waals surface area contributed by atoms with Gasteiger partial charge in [0.05, 0.1) is 5.69 Å². The Hall–Kier alpha value is -1.55. The Bertz CT molecular complexity index is 586. The fraction of sp³-hybridized carbons (Fsp3) is 0.308. The average Bonchev–Trinajstić information content (AvgIpc) is 3.14. The van der Waals surface area contributed by atoms with Gasteiger partial charge in [0.25, 0.3) is 5.91 Å². The van der Waals surface area contributed by atoms with Gasteiger partial charge in [-0.15, -0.1) is 11.3 Å². The summed E-state index contributed by atoms with van der Waals surface area (Å²) in [6, 6.07) is 8.31. The van der Waals surface area contributed by atoms with E-state index in [1.807, 2.05) is 36.2 Å². The Morgan fingerprint density at radius 2 is 2.12 bits per heavy atom. The van der Waals surface area contributed by atoms with Crippen LogP contribution >= 0.6 is 11.3 Å². The molecule has 1 aliphatic carbocycles. The SMILES string of the molecule is CN(C(=O)c1sc2ccccc2c1N)C1CC1. The zero-order valence-corrected chi connectivity index (χ0v) is 10.5. The second kappa shape index (κ2) is 3.74. The smallest absolute Gasteiger partial charge is 0.266 e. The monoisotopic (exact) mass is 246 g/mol. The molecule has 1 aliphatic rings. The summed E-state index contributed by atoms with van der Waals surface area (Å²) in [6.07, 6.45) is 2.24. The number of nitrogen functional groups attached to an aromatic ring is 1. The Kier molecular flexibility index (Phi) is 2.33. The zero-order valence-electron chi connectivity index (χ0n) is 9.64. The summed E-state index contributed by atoms with van der Waals surface area (Å²) < 4.78 is 1.08. The maximum Gasteiger partial charge on any atom is 0.266 e. The van der Waals surface area contributed by atoms with E-state index in [4.69, 9.17) is 5.73 Å². The quantitative estimate of drug-likeness (QED) is 0.885. The largest absolute Gasteiger partial charge is 0.397 e. The molecule has 88 valence electrons. The van der Waals surface area contributed by atoms with E-state index in [1.165, 1.54) is 11.3 Å². The molecule has 3 rings (SSSR count). The lowest BCUT2D eigenvalue weighted by molar-refractivity contribution is 0.0791. The number of benzene rings is 1. The Morgan fingerprint density at radius 3 is 2.76 bits per heavy atom. The first-order chi connectivity index (χ1) is 8.18. The summed E-state index contributed by atoms with van der Waals surface area (Å²) in [5.41, 5.74) is 6.69. The standard InChI is InChI=1S/C13H14N2OS/c1-15(8-6-7-8)13(16)12-11(14)9-4-2-3-5-10(9)17-12/h2-5,8H,6-7,14H2,1H3. The highest BCUT2D eigenvalue weighted by Crippen LogP contribution is 2.36. The molecule has 4 heteroatoms. The molecule has 0 aliphatic heterocycles. The fourth-order valence-electron chi connectivity index (χ4n) is 2.01. The Morgan fingerprint density at radius 1 is 1.41 bits per heavy atom. The predicted molar refractivity (Wildman–Crippen MR) is 71.4 cm³/mol. The van der Waals surface area contributed by atoms with Crippen LogP contribution in [-0.2, 0) is 0 Å². The van der Waals surface area contributed by atoms with E-state index < -0.39 is 0 Å². The lowest BCUT2D eigenvalue weighted by Crippen LogP contribution is -2.28. The first-order valence-electron chi connectivity index (χ1n) is 5.72. The summed E-state index contributed by atoms with van der Waals surface area (Å²) in [5.74, 6) is 0.0613. The van der Waals surface area contributed by atoms with Crippen LogP contribution in [0, 0.1) is 0 Å². The summed E-state index contributed by atoms with van der Waals surface area (Å²) in [5, 5.41) is 0.991. The van der Waals surface area contributed by atoms with Gasteiger partial charge in [-0.2, -0.15) is 0 Å². The second-order valence-corrected chi connectivity index (χ2v) is 5.54. The molecule has 1 fully saturated rings. The number of anilines is 1. The van der Waals surface area contributed by atoms with Gasteiger partial charge < -0.3 is 10.6 Å². The third-order valence-corrected chi connectivity index (χ3v) is 4.42. The minimum absolute atomic E-state index is 0.0613. The minimum atomic E-state index is 0.0613. The number of thiophene rings is 1. The van der Waals surface area contributed by atoms with Gasteiger partial charge in [-0.3, -0.25) is 4.79 Å². The molecule has 0 spiro atoms. The molecule has 3 nitrogen and oxygen atoms in total. The molecule has 1 aromatic heterocycles. The maximum atomic E-state index is 12.3. The van der Waals surface area contributed by atoms with Gasteiger partial charge in [0.1, 0.15) is 4.88 Å². The van der Waals surface area contributed by atoms with E-state index in [1.54, 1.807) is 0 Å². The van der Waals surface area contributed by atoms with Crippen molar-refractivity contribution >= 4 is 33.0 Å². The van der Waals surface area contributed by atoms with Crippen molar-refractivity contribution in [1.29, 1.82) is 0 Å². The van der Waals surface area contributed by atoms with Crippen molar-refractivity contribution in [3.63, 3.8) is 0 Å². The predicted octanol–water partition coefficient (Wildman–Crippen LogP) is 2.72. The number of carbonyl (C=O) groups is 1. The number of nitrogens with two attached hydrogens (primary N) is 1. The van der Waals surface area contributed by atoms with Crippen molar-refractivity contribution in [3.8, 4) is 0 Å². The number of fused-ring (bicyclic) bond motifs is 1. The highest BCUT2D eigenvalue weighted by molar-refractivity contribution is 7.21. The van der Waals surface area contributed by atoms with Crippen LogP contribution in [0.25, 0.3) is 10.1 Å². The molecular formula is C13H14N2OS. The summed E-state index contributed by atoms with van der Waals surface area (Å²) >= 11 is 1.49. The van der Waals surface area contributed by atoms with Crippen LogP contribution in [0.1, 0.15) is 22.5 Å². The molecule has 1 aromatic carbocycles. The number of nitrogens with zero attached hydrogens (tertiary/aromatic N) is 1. The lowest BCUT2D eigenvalue weighted by atomic mass is 10.2. The zero-order chi connectivity index (χ0) is 12.0. The second-order valence-electron chi connectivity index (χ2n) is 4.49. The molecule has 0 radical (unpaired) electrons. The number of hydrogen-bond acceptors (Lipinski definition) is 3. The normalized spacial score (nSPS) is 15.1. The molecule has 1 heterocycles. The average molecular weight is 246 g/mol. The van der Waals surface area contributed by atoms with Gasteiger partial charge in [0, 0.05) is 23.2 Å². The molecule has 1 amide bonds. The third kappa shape index (κ3) is 1.69. The fourth-order valence-corrected chi connectivity index (χ4v) is 3.12. The lowest BCUT2D eigenvalue weighted by Gasteiger charge is -2.15. The van der Waals surface area contributed by atoms with Gasteiger partial charge in [-0.25, -0.2) is 0 Å². The molecule has 0 unspecified atom stereocenters. The van der Waals surface area contributed by atoms with Crippen LogP contribution in [0.4, 0.5) is 5.69 Å².